The zero-order valence-electron chi connectivity index (χ0n) is 16.9. The smallest absolute Gasteiger partial charge is 0.246 e. The minimum absolute atomic E-state index is 0.0799. The number of hydrogen-bond donors (Lipinski definition) is 3. The average molecular weight is 388 g/mol. The predicted molar refractivity (Wildman–Crippen MR) is 113 cm³/mol. The Hall–Kier alpha value is -2.28. The van der Waals surface area contributed by atoms with E-state index < -0.39 is 0 Å². The summed E-state index contributed by atoms with van der Waals surface area (Å²) in [4.78, 5) is 21.6. The van der Waals surface area contributed by atoms with Crippen molar-refractivity contribution in [1.29, 1.82) is 0 Å². The third kappa shape index (κ3) is 6.12. The number of amides is 1. The molecule has 2 aliphatic rings. The monoisotopic (exact) mass is 387 g/mol. The molecule has 1 unspecified atom stereocenters. The Kier molecular flexibility index (Phi) is 7.54. The molecule has 3 N–H and O–H groups in total. The highest BCUT2D eigenvalue weighted by atomic mass is 16.3. The number of nitrogens with zero attached hydrogens (tertiary/aromatic N) is 3. The highest BCUT2D eigenvalue weighted by Crippen LogP contribution is 2.20. The van der Waals surface area contributed by atoms with E-state index in [0.29, 0.717) is 11.6 Å². The molecule has 1 aromatic carbocycles. The van der Waals surface area contributed by atoms with Gasteiger partial charge < -0.3 is 25.5 Å². The summed E-state index contributed by atoms with van der Waals surface area (Å²) >= 11 is 0. The Bertz CT molecular complexity index is 655. The first-order valence-corrected chi connectivity index (χ1v) is 10.5. The van der Waals surface area contributed by atoms with Crippen LogP contribution < -0.4 is 10.6 Å². The molecule has 7 nitrogen and oxygen atoms in total. The molecule has 0 saturated carbocycles. The molecule has 0 aliphatic carbocycles. The van der Waals surface area contributed by atoms with E-state index in [1.54, 1.807) is 24.3 Å². The van der Waals surface area contributed by atoms with E-state index in [1.807, 2.05) is 6.92 Å². The lowest BCUT2D eigenvalue weighted by Gasteiger charge is -2.29. The van der Waals surface area contributed by atoms with Crippen molar-refractivity contribution in [3.63, 3.8) is 0 Å². The van der Waals surface area contributed by atoms with Crippen molar-refractivity contribution in [2.24, 2.45) is 10.9 Å². The van der Waals surface area contributed by atoms with E-state index in [4.69, 9.17) is 0 Å². The number of rotatable bonds is 6. The second kappa shape index (κ2) is 10.3. The van der Waals surface area contributed by atoms with Crippen molar-refractivity contribution in [2.75, 3.05) is 51.1 Å². The third-order valence-electron chi connectivity index (χ3n) is 5.41. The van der Waals surface area contributed by atoms with Gasteiger partial charge in [0, 0.05) is 31.9 Å². The number of likely N-dealkylation sites (tertiary alicyclic amines) is 2. The molecular formula is C21H33N5O2. The summed E-state index contributed by atoms with van der Waals surface area (Å²) in [5.41, 5.74) is 0.658. The minimum Gasteiger partial charge on any atom is -0.508 e. The second-order valence-electron chi connectivity index (χ2n) is 7.73. The standard InChI is InChI=1S/C21H33N5O2/c1-2-22-21(23-14-20(28)24-18-6-8-19(27)9-7-18)26-13-10-17(16-26)15-25-11-4-3-5-12-25/h6-9,17,27H,2-5,10-16H2,1H3,(H,22,23)(H,24,28). The van der Waals surface area contributed by atoms with Crippen molar-refractivity contribution >= 4 is 17.6 Å². The highest BCUT2D eigenvalue weighted by Gasteiger charge is 2.27. The van der Waals surface area contributed by atoms with Crippen LogP contribution in [0.15, 0.2) is 29.3 Å². The number of aliphatic imine (C=N–C) groups is 1. The Labute approximate surface area is 167 Å². The minimum atomic E-state index is -0.162. The number of benzene rings is 1. The van der Waals surface area contributed by atoms with E-state index in [1.165, 1.54) is 45.3 Å². The van der Waals surface area contributed by atoms with Crippen molar-refractivity contribution in [1.82, 2.24) is 15.1 Å². The third-order valence-corrected chi connectivity index (χ3v) is 5.41. The normalized spacial score (nSPS) is 21.0. The van der Waals surface area contributed by atoms with Gasteiger partial charge in [-0.25, -0.2) is 4.99 Å². The molecule has 2 saturated heterocycles. The largest absolute Gasteiger partial charge is 0.508 e. The van der Waals surface area contributed by atoms with Crippen LogP contribution in [0.1, 0.15) is 32.6 Å². The van der Waals surface area contributed by atoms with Crippen LogP contribution in [-0.4, -0.2) is 72.6 Å². The molecule has 1 atom stereocenters. The van der Waals surface area contributed by atoms with Crippen LogP contribution in [-0.2, 0) is 4.79 Å². The molecule has 1 amide bonds. The van der Waals surface area contributed by atoms with Gasteiger partial charge in [-0.05, 0) is 69.5 Å². The van der Waals surface area contributed by atoms with E-state index in [0.717, 1.165) is 25.6 Å². The van der Waals surface area contributed by atoms with Gasteiger partial charge in [0.1, 0.15) is 12.3 Å². The maximum Gasteiger partial charge on any atom is 0.246 e. The number of aromatic hydroxyl groups is 1. The average Bonchev–Trinajstić information content (AvgIpc) is 3.16. The van der Waals surface area contributed by atoms with Crippen LogP contribution in [0.4, 0.5) is 5.69 Å². The van der Waals surface area contributed by atoms with Gasteiger partial charge in [-0.15, -0.1) is 0 Å². The lowest BCUT2D eigenvalue weighted by molar-refractivity contribution is -0.114. The Morgan fingerprint density at radius 3 is 2.64 bits per heavy atom. The van der Waals surface area contributed by atoms with Crippen LogP contribution in [0.25, 0.3) is 0 Å². The molecule has 0 spiro atoms. The quantitative estimate of drug-likeness (QED) is 0.396. The number of piperidine rings is 1. The first-order valence-electron chi connectivity index (χ1n) is 10.5. The molecule has 154 valence electrons. The molecule has 1 aromatic rings. The fourth-order valence-corrected chi connectivity index (χ4v) is 4.00. The zero-order chi connectivity index (χ0) is 19.8. The summed E-state index contributed by atoms with van der Waals surface area (Å²) in [7, 11) is 0. The molecule has 2 heterocycles. The molecule has 0 bridgehead atoms. The summed E-state index contributed by atoms with van der Waals surface area (Å²) < 4.78 is 0. The SMILES string of the molecule is CCNC(=NCC(=O)Nc1ccc(O)cc1)N1CCC(CN2CCCCC2)C1. The van der Waals surface area contributed by atoms with Gasteiger partial charge in [0.15, 0.2) is 5.96 Å². The number of carbonyl (C=O) groups is 1. The van der Waals surface area contributed by atoms with Crippen LogP contribution in [0, 0.1) is 5.92 Å². The van der Waals surface area contributed by atoms with Crippen molar-refractivity contribution < 1.29 is 9.90 Å². The Balaban J connectivity index is 1.50. The van der Waals surface area contributed by atoms with Crippen LogP contribution in [0.5, 0.6) is 5.75 Å². The number of phenols is 1. The predicted octanol–water partition coefficient (Wildman–Crippen LogP) is 2.10. The van der Waals surface area contributed by atoms with Crippen molar-refractivity contribution in [3.05, 3.63) is 24.3 Å². The zero-order valence-corrected chi connectivity index (χ0v) is 16.9. The van der Waals surface area contributed by atoms with Crippen molar-refractivity contribution in [3.8, 4) is 5.75 Å². The second-order valence-corrected chi connectivity index (χ2v) is 7.73. The first-order chi connectivity index (χ1) is 13.6. The molecule has 2 fully saturated rings. The fraction of sp³-hybridized carbons (Fsp3) is 0.619. The number of phenolic OH excluding ortho intramolecular Hbond substituents is 1. The Morgan fingerprint density at radius 2 is 1.93 bits per heavy atom. The van der Waals surface area contributed by atoms with Gasteiger partial charge in [-0.2, -0.15) is 0 Å². The van der Waals surface area contributed by atoms with Crippen LogP contribution in [0.3, 0.4) is 0 Å². The topological polar surface area (TPSA) is 80.2 Å². The van der Waals surface area contributed by atoms with E-state index in [2.05, 4.69) is 25.4 Å². The van der Waals surface area contributed by atoms with E-state index >= 15 is 0 Å². The maximum absolute atomic E-state index is 12.2. The number of carbonyl (C=O) groups excluding carboxylic acids is 1. The molecule has 0 radical (unpaired) electrons. The molecule has 7 heteroatoms. The number of anilines is 1. The summed E-state index contributed by atoms with van der Waals surface area (Å²) in [6, 6.07) is 6.45. The summed E-state index contributed by atoms with van der Waals surface area (Å²) in [5, 5.41) is 15.5. The molecule has 2 aliphatic heterocycles. The van der Waals surface area contributed by atoms with Gasteiger partial charge in [-0.3, -0.25) is 4.79 Å². The van der Waals surface area contributed by atoms with Crippen LogP contribution in [0.2, 0.25) is 0 Å². The summed E-state index contributed by atoms with van der Waals surface area (Å²) in [5.74, 6) is 1.51. The lowest BCUT2D eigenvalue weighted by Crippen LogP contribution is -2.41. The van der Waals surface area contributed by atoms with Gasteiger partial charge >= 0.3 is 0 Å². The van der Waals surface area contributed by atoms with Crippen LogP contribution >= 0.6 is 0 Å². The van der Waals surface area contributed by atoms with Gasteiger partial charge in [0.05, 0.1) is 0 Å². The Morgan fingerprint density at radius 1 is 1.18 bits per heavy atom. The number of hydrogen-bond acceptors (Lipinski definition) is 4. The van der Waals surface area contributed by atoms with E-state index in [-0.39, 0.29) is 18.2 Å². The number of guanidine groups is 1. The lowest BCUT2D eigenvalue weighted by atomic mass is 10.1. The fourth-order valence-electron chi connectivity index (χ4n) is 4.00. The molecule has 28 heavy (non-hydrogen) atoms. The highest BCUT2D eigenvalue weighted by molar-refractivity contribution is 5.94. The van der Waals surface area contributed by atoms with Crippen molar-refractivity contribution in [2.45, 2.75) is 32.6 Å². The summed E-state index contributed by atoms with van der Waals surface area (Å²) in [6.07, 6.45) is 5.21. The van der Waals surface area contributed by atoms with Gasteiger partial charge in [-0.1, -0.05) is 6.42 Å². The first kappa shape index (κ1) is 20.5. The molecular weight excluding hydrogens is 354 g/mol. The van der Waals surface area contributed by atoms with Gasteiger partial charge in [0.2, 0.25) is 5.91 Å². The summed E-state index contributed by atoms with van der Waals surface area (Å²) in [6.45, 7) is 8.56. The maximum atomic E-state index is 12.2. The molecule has 3 rings (SSSR count). The van der Waals surface area contributed by atoms with E-state index in [9.17, 15) is 9.90 Å². The number of nitrogens with one attached hydrogen (secondary N) is 2. The van der Waals surface area contributed by atoms with Gasteiger partial charge in [0.25, 0.3) is 0 Å². The molecule has 0 aromatic heterocycles.